The summed E-state index contributed by atoms with van der Waals surface area (Å²) in [5.41, 5.74) is 8.18. The van der Waals surface area contributed by atoms with Crippen molar-refractivity contribution in [3.05, 3.63) is 95.1 Å². The Kier molecular flexibility index (Phi) is 10.6. The fourth-order valence-corrected chi connectivity index (χ4v) is 6.64. The van der Waals surface area contributed by atoms with Gasteiger partial charge in [0.25, 0.3) is 0 Å². The van der Waals surface area contributed by atoms with Crippen molar-refractivity contribution >= 4 is 5.97 Å². The van der Waals surface area contributed by atoms with Crippen LogP contribution >= 0.6 is 0 Å². The lowest BCUT2D eigenvalue weighted by Crippen LogP contribution is -2.30. The van der Waals surface area contributed by atoms with Crippen LogP contribution in [0.3, 0.4) is 0 Å². The van der Waals surface area contributed by atoms with E-state index in [2.05, 4.69) is 93.6 Å². The molecule has 2 aliphatic rings. The summed E-state index contributed by atoms with van der Waals surface area (Å²) >= 11 is 0. The summed E-state index contributed by atoms with van der Waals surface area (Å²) in [6, 6.07) is 17.2. The minimum atomic E-state index is -0.0482. The van der Waals surface area contributed by atoms with E-state index in [1.54, 1.807) is 5.57 Å². The molecule has 2 unspecified atom stereocenters. The number of carbonyl (C=O) groups excluding carboxylic acids is 1. The van der Waals surface area contributed by atoms with Crippen LogP contribution in [0.2, 0.25) is 0 Å². The van der Waals surface area contributed by atoms with Crippen LogP contribution in [0.4, 0.5) is 0 Å². The van der Waals surface area contributed by atoms with Gasteiger partial charge in [-0.15, -0.1) is 0 Å². The zero-order valence-corrected chi connectivity index (χ0v) is 23.8. The molecule has 0 bridgehead atoms. The van der Waals surface area contributed by atoms with Gasteiger partial charge in [-0.25, -0.2) is 0 Å². The van der Waals surface area contributed by atoms with Gasteiger partial charge in [-0.05, 0) is 107 Å². The van der Waals surface area contributed by atoms with Crippen LogP contribution in [0.15, 0.2) is 84.0 Å². The maximum atomic E-state index is 13.9. The Labute approximate surface area is 230 Å². The topological polar surface area (TPSA) is 26.3 Å². The van der Waals surface area contributed by atoms with E-state index in [1.807, 2.05) is 0 Å². The summed E-state index contributed by atoms with van der Waals surface area (Å²) in [6.45, 7) is 6.90. The number of hydrogen-bond donors (Lipinski definition) is 0. The number of unbranched alkanes of at least 4 members (excludes halogenated alkanes) is 2. The molecular weight excluding hydrogens is 464 g/mol. The third kappa shape index (κ3) is 6.76. The van der Waals surface area contributed by atoms with Gasteiger partial charge in [-0.1, -0.05) is 90.4 Å². The molecule has 0 aromatic heterocycles. The molecule has 1 fully saturated rings. The van der Waals surface area contributed by atoms with E-state index in [9.17, 15) is 4.79 Å². The molecule has 0 aliphatic heterocycles. The number of benzene rings is 2. The Morgan fingerprint density at radius 1 is 0.921 bits per heavy atom. The summed E-state index contributed by atoms with van der Waals surface area (Å²) in [7, 11) is 0. The van der Waals surface area contributed by atoms with Crippen molar-refractivity contribution in [2.24, 2.45) is 11.8 Å². The average molecular weight is 511 g/mol. The van der Waals surface area contributed by atoms with E-state index in [-0.39, 0.29) is 17.8 Å². The monoisotopic (exact) mass is 510 g/mol. The minimum absolute atomic E-state index is 0.0125. The normalized spacial score (nSPS) is 19.5. The molecule has 2 nitrogen and oxygen atoms in total. The highest BCUT2D eigenvalue weighted by atomic mass is 16.5. The first-order valence-electron chi connectivity index (χ1n) is 14.9. The Hall–Kier alpha value is -2.87. The molecule has 202 valence electrons. The Morgan fingerprint density at radius 3 is 2.21 bits per heavy atom. The lowest BCUT2D eigenvalue weighted by Gasteiger charge is -2.33. The van der Waals surface area contributed by atoms with Crippen molar-refractivity contribution in [2.75, 3.05) is 6.61 Å². The Bertz CT molecular complexity index is 1110. The van der Waals surface area contributed by atoms with Crippen LogP contribution in [-0.4, -0.2) is 12.6 Å². The smallest absolute Gasteiger partial charge is 0.309 e. The summed E-state index contributed by atoms with van der Waals surface area (Å²) in [5, 5.41) is 0. The van der Waals surface area contributed by atoms with E-state index in [4.69, 9.17) is 4.74 Å². The predicted octanol–water partition coefficient (Wildman–Crippen LogP) is 9.96. The van der Waals surface area contributed by atoms with Gasteiger partial charge >= 0.3 is 5.97 Å². The number of rotatable bonds is 12. The highest BCUT2D eigenvalue weighted by molar-refractivity contribution is 5.79. The fourth-order valence-electron chi connectivity index (χ4n) is 6.64. The van der Waals surface area contributed by atoms with Crippen LogP contribution in [0.25, 0.3) is 11.1 Å². The van der Waals surface area contributed by atoms with Gasteiger partial charge in [-0.2, -0.15) is 0 Å². The van der Waals surface area contributed by atoms with E-state index >= 15 is 0 Å². The lowest BCUT2D eigenvalue weighted by molar-refractivity contribution is -0.151. The summed E-state index contributed by atoms with van der Waals surface area (Å²) in [4.78, 5) is 13.9. The molecule has 0 radical (unpaired) electrons. The molecule has 0 N–H and O–H groups in total. The molecule has 0 amide bonds. The molecule has 2 aromatic carbocycles. The van der Waals surface area contributed by atoms with Crippen LogP contribution < -0.4 is 0 Å². The first kappa shape index (κ1) is 28.1. The molecule has 2 aromatic rings. The SMILES string of the molecule is CC=CCCC/C(C)=C1/CCCCC1C(CCCC=CC)C(=O)OCC1c2ccccc2-c2ccccc21. The van der Waals surface area contributed by atoms with Crippen molar-refractivity contribution in [3.63, 3.8) is 0 Å². The molecule has 1 saturated carbocycles. The number of hydrogen-bond acceptors (Lipinski definition) is 2. The number of esters is 1. The van der Waals surface area contributed by atoms with Crippen LogP contribution in [0.1, 0.15) is 102 Å². The number of ether oxygens (including phenoxy) is 1. The predicted molar refractivity (Wildman–Crippen MR) is 160 cm³/mol. The van der Waals surface area contributed by atoms with Gasteiger partial charge in [0.05, 0.1) is 5.92 Å². The van der Waals surface area contributed by atoms with Gasteiger partial charge in [0, 0.05) is 5.92 Å². The van der Waals surface area contributed by atoms with Crippen molar-refractivity contribution < 1.29 is 9.53 Å². The van der Waals surface area contributed by atoms with Crippen molar-refractivity contribution in [1.29, 1.82) is 0 Å². The molecule has 0 saturated heterocycles. The van der Waals surface area contributed by atoms with E-state index in [1.165, 1.54) is 47.1 Å². The second kappa shape index (κ2) is 14.3. The molecular formula is C36H46O2. The molecule has 2 heteroatoms. The second-order valence-corrected chi connectivity index (χ2v) is 11.1. The zero-order valence-electron chi connectivity index (χ0n) is 23.8. The highest BCUT2D eigenvalue weighted by Gasteiger charge is 2.35. The van der Waals surface area contributed by atoms with Crippen molar-refractivity contribution in [1.82, 2.24) is 0 Å². The first-order valence-corrected chi connectivity index (χ1v) is 14.9. The third-order valence-corrected chi connectivity index (χ3v) is 8.63. The van der Waals surface area contributed by atoms with Crippen LogP contribution in [0.5, 0.6) is 0 Å². The number of fused-ring (bicyclic) bond motifs is 3. The molecule has 38 heavy (non-hydrogen) atoms. The van der Waals surface area contributed by atoms with Gasteiger partial charge in [0.2, 0.25) is 0 Å². The number of allylic oxidation sites excluding steroid dienone is 6. The Morgan fingerprint density at radius 2 is 1.55 bits per heavy atom. The van der Waals surface area contributed by atoms with Gasteiger partial charge < -0.3 is 4.74 Å². The van der Waals surface area contributed by atoms with Crippen molar-refractivity contribution in [2.45, 2.75) is 90.9 Å². The van der Waals surface area contributed by atoms with E-state index in [0.29, 0.717) is 12.5 Å². The molecule has 0 heterocycles. The third-order valence-electron chi connectivity index (χ3n) is 8.63. The first-order chi connectivity index (χ1) is 18.7. The summed E-state index contributed by atoms with van der Waals surface area (Å²) in [6.07, 6.45) is 19.9. The van der Waals surface area contributed by atoms with Crippen LogP contribution in [0, 0.1) is 11.8 Å². The molecule has 2 atom stereocenters. The van der Waals surface area contributed by atoms with Crippen molar-refractivity contribution in [3.8, 4) is 11.1 Å². The van der Waals surface area contributed by atoms with Gasteiger partial charge in [0.1, 0.15) is 6.61 Å². The second-order valence-electron chi connectivity index (χ2n) is 11.1. The van der Waals surface area contributed by atoms with Gasteiger partial charge in [-0.3, -0.25) is 4.79 Å². The zero-order chi connectivity index (χ0) is 26.7. The minimum Gasteiger partial charge on any atom is -0.464 e. The molecule has 4 rings (SSSR count). The van der Waals surface area contributed by atoms with E-state index < -0.39 is 0 Å². The van der Waals surface area contributed by atoms with Crippen LogP contribution in [-0.2, 0) is 9.53 Å². The lowest BCUT2D eigenvalue weighted by atomic mass is 9.72. The van der Waals surface area contributed by atoms with E-state index in [0.717, 1.165) is 44.9 Å². The quantitative estimate of drug-likeness (QED) is 0.161. The maximum Gasteiger partial charge on any atom is 0.309 e. The van der Waals surface area contributed by atoms with Gasteiger partial charge in [0.15, 0.2) is 0 Å². The summed E-state index contributed by atoms with van der Waals surface area (Å²) < 4.78 is 6.26. The molecule has 2 aliphatic carbocycles. The number of carbonyl (C=O) groups is 1. The largest absolute Gasteiger partial charge is 0.464 e. The standard InChI is InChI=1S/C36H46O2/c1-4-6-8-10-18-27(3)28-19-12-13-20-29(28)34(25-11-9-7-5-2)36(37)38-26-35-32-23-16-14-21-30(32)31-22-15-17-24-33(31)35/h4-7,14-17,21-24,29,34-35H,8-13,18-20,25-26H2,1-3H3/b6-4?,7-5?,28-27-. The summed E-state index contributed by atoms with van der Waals surface area (Å²) in [5.74, 6) is 0.405. The average Bonchev–Trinajstić information content (AvgIpc) is 3.27. The highest BCUT2D eigenvalue weighted by Crippen LogP contribution is 2.45. The Balaban J connectivity index is 1.52. The fraction of sp³-hybridized carbons (Fsp3) is 0.472. The molecule has 0 spiro atoms. The maximum absolute atomic E-state index is 13.9.